The summed E-state index contributed by atoms with van der Waals surface area (Å²) in [7, 11) is -2.23. The van der Waals surface area contributed by atoms with Crippen LogP contribution in [0.4, 0.5) is 0 Å². The number of nitrogens with zero attached hydrogens (tertiary/aromatic N) is 3. The number of sulfonamides is 1. The molecule has 1 aromatic heterocycles. The van der Waals surface area contributed by atoms with Crippen LogP contribution in [0.1, 0.15) is 12.8 Å². The van der Waals surface area contributed by atoms with Crippen LogP contribution >= 0.6 is 23.2 Å². The second-order valence-corrected chi connectivity index (χ2v) is 8.43. The molecule has 0 aliphatic carbocycles. The minimum Gasteiger partial charge on any atom is -0.474 e. The Morgan fingerprint density at radius 3 is 2.62 bits per heavy atom. The first-order valence-corrected chi connectivity index (χ1v) is 10.1. The molecule has 0 unspecified atom stereocenters. The molecule has 10 heteroatoms. The van der Waals surface area contributed by atoms with Gasteiger partial charge in [-0.15, -0.1) is 0 Å². The fourth-order valence-electron chi connectivity index (χ4n) is 2.66. The molecule has 2 aromatic rings. The minimum absolute atomic E-state index is 0.0200. The van der Waals surface area contributed by atoms with Crippen molar-refractivity contribution in [3.63, 3.8) is 0 Å². The van der Waals surface area contributed by atoms with Gasteiger partial charge in [-0.2, -0.15) is 9.29 Å². The Kier molecular flexibility index (Phi) is 5.86. The molecular weight excluding hydrogens is 401 g/mol. The largest absolute Gasteiger partial charge is 0.474 e. The van der Waals surface area contributed by atoms with Gasteiger partial charge in [0, 0.05) is 30.4 Å². The molecule has 0 amide bonds. The van der Waals surface area contributed by atoms with E-state index < -0.39 is 10.0 Å². The van der Waals surface area contributed by atoms with Gasteiger partial charge in [0.15, 0.2) is 0 Å². The van der Waals surface area contributed by atoms with Crippen LogP contribution in [-0.2, 0) is 10.0 Å². The van der Waals surface area contributed by atoms with Crippen molar-refractivity contribution in [2.45, 2.75) is 23.8 Å². The standard InChI is InChI=1S/C16H17Cl2N3O4S/c1-24-16-19-7-4-15(20-16)25-12-5-8-21(9-6-12)26(22,23)14-10-11(17)2-3-13(14)18/h2-4,7,10,12H,5-6,8-9H2,1H3. The van der Waals surface area contributed by atoms with Crippen LogP contribution in [-0.4, -0.2) is 49.0 Å². The average Bonchev–Trinajstić information content (AvgIpc) is 2.64. The number of hydrogen-bond acceptors (Lipinski definition) is 6. The molecule has 1 fully saturated rings. The zero-order valence-electron chi connectivity index (χ0n) is 13.9. The Morgan fingerprint density at radius 1 is 1.19 bits per heavy atom. The normalized spacial score (nSPS) is 16.4. The number of hydrogen-bond donors (Lipinski definition) is 0. The number of rotatable bonds is 5. The SMILES string of the molecule is COc1nccc(OC2CCN(S(=O)(=O)c3cc(Cl)ccc3Cl)CC2)n1. The third-order valence-corrected chi connectivity index (χ3v) is 6.61. The summed E-state index contributed by atoms with van der Waals surface area (Å²) in [5.41, 5.74) is 0. The van der Waals surface area contributed by atoms with Crippen molar-refractivity contribution in [1.29, 1.82) is 0 Å². The van der Waals surface area contributed by atoms with Crippen molar-refractivity contribution in [2.75, 3.05) is 20.2 Å². The lowest BCUT2D eigenvalue weighted by molar-refractivity contribution is 0.128. The van der Waals surface area contributed by atoms with Crippen molar-refractivity contribution < 1.29 is 17.9 Å². The predicted molar refractivity (Wildman–Crippen MR) is 97.5 cm³/mol. The highest BCUT2D eigenvalue weighted by atomic mass is 35.5. The Bertz CT molecular complexity index is 887. The summed E-state index contributed by atoms with van der Waals surface area (Å²) in [5.74, 6) is 0.399. The van der Waals surface area contributed by atoms with Crippen molar-refractivity contribution in [1.82, 2.24) is 14.3 Å². The maximum atomic E-state index is 12.8. The molecule has 2 heterocycles. The van der Waals surface area contributed by atoms with E-state index in [1.807, 2.05) is 0 Å². The third kappa shape index (κ3) is 4.20. The van der Waals surface area contributed by atoms with Gasteiger partial charge in [0.1, 0.15) is 11.0 Å². The van der Waals surface area contributed by atoms with Gasteiger partial charge in [-0.3, -0.25) is 0 Å². The molecule has 1 aliphatic rings. The van der Waals surface area contributed by atoms with E-state index in [0.29, 0.717) is 36.8 Å². The molecule has 0 N–H and O–H groups in total. The van der Waals surface area contributed by atoms with Crippen LogP contribution in [0.15, 0.2) is 35.4 Å². The van der Waals surface area contributed by atoms with Gasteiger partial charge >= 0.3 is 6.01 Å². The van der Waals surface area contributed by atoms with Crippen LogP contribution in [0.2, 0.25) is 10.0 Å². The van der Waals surface area contributed by atoms with E-state index in [-0.39, 0.29) is 22.0 Å². The van der Waals surface area contributed by atoms with Gasteiger partial charge < -0.3 is 9.47 Å². The molecule has 0 spiro atoms. The van der Waals surface area contributed by atoms with Crippen LogP contribution in [0.5, 0.6) is 11.9 Å². The summed E-state index contributed by atoms with van der Waals surface area (Å²) in [6.07, 6.45) is 2.46. The Balaban J connectivity index is 1.67. The Labute approximate surface area is 161 Å². The number of piperidine rings is 1. The number of aromatic nitrogens is 2. The molecule has 140 valence electrons. The molecule has 0 radical (unpaired) electrons. The summed E-state index contributed by atoms with van der Waals surface area (Å²) in [5, 5.41) is 0.477. The van der Waals surface area contributed by atoms with Gasteiger partial charge in [-0.05, 0) is 31.0 Å². The van der Waals surface area contributed by atoms with E-state index in [2.05, 4.69) is 9.97 Å². The van der Waals surface area contributed by atoms with Gasteiger partial charge in [0.25, 0.3) is 0 Å². The maximum absolute atomic E-state index is 12.8. The average molecular weight is 418 g/mol. The summed E-state index contributed by atoms with van der Waals surface area (Å²) in [6, 6.07) is 6.26. The first-order chi connectivity index (χ1) is 12.4. The van der Waals surface area contributed by atoms with E-state index >= 15 is 0 Å². The third-order valence-electron chi connectivity index (χ3n) is 3.99. The summed E-state index contributed by atoms with van der Waals surface area (Å²) < 4.78 is 37.8. The smallest absolute Gasteiger partial charge is 0.319 e. The fraction of sp³-hybridized carbons (Fsp3) is 0.375. The lowest BCUT2D eigenvalue weighted by Crippen LogP contribution is -2.41. The first kappa shape index (κ1) is 19.2. The fourth-order valence-corrected chi connectivity index (χ4v) is 4.87. The molecule has 0 saturated carbocycles. The number of methoxy groups -OCH3 is 1. The van der Waals surface area contributed by atoms with E-state index in [9.17, 15) is 8.42 Å². The van der Waals surface area contributed by atoms with Crippen molar-refractivity contribution in [2.24, 2.45) is 0 Å². The maximum Gasteiger partial charge on any atom is 0.319 e. The second-order valence-electron chi connectivity index (χ2n) is 5.68. The second kappa shape index (κ2) is 7.96. The zero-order chi connectivity index (χ0) is 18.7. The van der Waals surface area contributed by atoms with Gasteiger partial charge in [-0.1, -0.05) is 23.2 Å². The van der Waals surface area contributed by atoms with E-state index in [0.717, 1.165) is 0 Å². The summed E-state index contributed by atoms with van der Waals surface area (Å²) in [6.45, 7) is 0.635. The van der Waals surface area contributed by atoms with Crippen LogP contribution in [0, 0.1) is 0 Å². The topological polar surface area (TPSA) is 81.6 Å². The van der Waals surface area contributed by atoms with E-state index in [1.54, 1.807) is 18.3 Å². The highest BCUT2D eigenvalue weighted by Gasteiger charge is 2.31. The van der Waals surface area contributed by atoms with Crippen molar-refractivity contribution >= 4 is 33.2 Å². The zero-order valence-corrected chi connectivity index (χ0v) is 16.3. The number of halogens is 2. The quantitative estimate of drug-likeness (QED) is 0.743. The Hall–Kier alpha value is -1.61. The monoisotopic (exact) mass is 417 g/mol. The van der Waals surface area contributed by atoms with E-state index in [4.69, 9.17) is 32.7 Å². The lowest BCUT2D eigenvalue weighted by Gasteiger charge is -2.31. The molecule has 26 heavy (non-hydrogen) atoms. The molecule has 3 rings (SSSR count). The molecule has 0 atom stereocenters. The first-order valence-electron chi connectivity index (χ1n) is 7.89. The lowest BCUT2D eigenvalue weighted by atomic mass is 10.1. The van der Waals surface area contributed by atoms with Crippen LogP contribution < -0.4 is 9.47 Å². The molecule has 7 nitrogen and oxygen atoms in total. The molecule has 0 bridgehead atoms. The minimum atomic E-state index is -3.71. The van der Waals surface area contributed by atoms with Crippen LogP contribution in [0.25, 0.3) is 0 Å². The Morgan fingerprint density at radius 2 is 1.92 bits per heavy atom. The van der Waals surface area contributed by atoms with Gasteiger partial charge in [0.2, 0.25) is 15.9 Å². The van der Waals surface area contributed by atoms with E-state index in [1.165, 1.54) is 23.5 Å². The highest BCUT2D eigenvalue weighted by molar-refractivity contribution is 7.89. The molecule has 1 aliphatic heterocycles. The predicted octanol–water partition coefficient (Wildman–Crippen LogP) is 3.02. The van der Waals surface area contributed by atoms with Crippen LogP contribution in [0.3, 0.4) is 0 Å². The van der Waals surface area contributed by atoms with Gasteiger partial charge in [-0.25, -0.2) is 13.4 Å². The number of benzene rings is 1. The van der Waals surface area contributed by atoms with Gasteiger partial charge in [0.05, 0.1) is 12.1 Å². The van der Waals surface area contributed by atoms with Crippen molar-refractivity contribution in [3.05, 3.63) is 40.5 Å². The summed E-state index contributed by atoms with van der Waals surface area (Å²) >= 11 is 12.0. The highest BCUT2D eigenvalue weighted by Crippen LogP contribution is 2.30. The van der Waals surface area contributed by atoms with Crippen molar-refractivity contribution in [3.8, 4) is 11.9 Å². The summed E-state index contributed by atoms with van der Waals surface area (Å²) in [4.78, 5) is 8.04. The molecule has 1 aromatic carbocycles. The number of ether oxygens (including phenoxy) is 2. The molecule has 1 saturated heterocycles. The molecular formula is C16H17Cl2N3O4S.